The summed E-state index contributed by atoms with van der Waals surface area (Å²) < 4.78 is 12.5. The summed E-state index contributed by atoms with van der Waals surface area (Å²) >= 11 is 0. The molecule has 0 bridgehead atoms. The van der Waals surface area contributed by atoms with Crippen molar-refractivity contribution >= 4 is 65.2 Å². The summed E-state index contributed by atoms with van der Waals surface area (Å²) in [7, 11) is 0. The molecule has 2 aromatic heterocycles. The molecule has 2 nitrogen and oxygen atoms in total. The van der Waals surface area contributed by atoms with Gasteiger partial charge in [-0.3, -0.25) is 0 Å². The zero-order valence-corrected chi connectivity index (χ0v) is 21.5. The van der Waals surface area contributed by atoms with Gasteiger partial charge in [0.25, 0.3) is 0 Å². The van der Waals surface area contributed by atoms with Crippen molar-refractivity contribution in [2.24, 2.45) is 0 Å². The van der Waals surface area contributed by atoms with Crippen molar-refractivity contribution in [3.05, 3.63) is 134 Å². The van der Waals surface area contributed by atoms with E-state index in [1.165, 1.54) is 49.0 Å². The van der Waals surface area contributed by atoms with Gasteiger partial charge in [-0.1, -0.05) is 103 Å². The van der Waals surface area contributed by atoms with E-state index in [1.54, 1.807) is 6.26 Å². The highest BCUT2D eigenvalue weighted by Gasteiger charge is 2.22. The minimum atomic E-state index is 0.838. The molecule has 9 rings (SSSR count). The van der Waals surface area contributed by atoms with E-state index in [0.717, 1.165) is 38.5 Å². The topological polar surface area (TPSA) is 26.3 Å². The first-order chi connectivity index (χ1) is 19.8. The number of hydrogen-bond acceptors (Lipinski definition) is 2. The molecule has 0 saturated carbocycles. The second-order valence-electron chi connectivity index (χ2n) is 10.5. The fourth-order valence-corrected chi connectivity index (χ4v) is 6.61. The quantitative estimate of drug-likeness (QED) is 0.216. The first kappa shape index (κ1) is 21.6. The van der Waals surface area contributed by atoms with E-state index in [0.29, 0.717) is 0 Å². The fourth-order valence-electron chi connectivity index (χ4n) is 6.61. The van der Waals surface area contributed by atoms with Crippen LogP contribution in [0.25, 0.3) is 87.5 Å². The molecule has 0 radical (unpaired) electrons. The normalized spacial score (nSPS) is 12.0. The Hall–Kier alpha value is -5.34. The van der Waals surface area contributed by atoms with Gasteiger partial charge in [0.2, 0.25) is 0 Å². The van der Waals surface area contributed by atoms with Gasteiger partial charge in [-0.2, -0.15) is 0 Å². The van der Waals surface area contributed by atoms with Gasteiger partial charge in [0.05, 0.1) is 11.6 Å². The average molecular weight is 511 g/mol. The number of fused-ring (bicyclic) bond motifs is 8. The van der Waals surface area contributed by atoms with E-state index < -0.39 is 0 Å². The predicted octanol–water partition coefficient (Wildman–Crippen LogP) is 11.1. The van der Waals surface area contributed by atoms with E-state index in [4.69, 9.17) is 8.83 Å². The van der Waals surface area contributed by atoms with Crippen LogP contribution in [0, 0.1) is 0 Å². The Morgan fingerprint density at radius 2 is 1.05 bits per heavy atom. The van der Waals surface area contributed by atoms with Gasteiger partial charge in [-0.25, -0.2) is 0 Å². The summed E-state index contributed by atoms with van der Waals surface area (Å²) in [6, 6.07) is 45.4. The van der Waals surface area contributed by atoms with Gasteiger partial charge < -0.3 is 8.83 Å². The Balaban J connectivity index is 1.44. The summed E-state index contributed by atoms with van der Waals surface area (Å²) in [6.07, 6.45) is 1.79. The highest BCUT2D eigenvalue weighted by atomic mass is 16.3. The number of para-hydroxylation sites is 1. The molecular formula is C38H22O2. The van der Waals surface area contributed by atoms with Gasteiger partial charge in [0, 0.05) is 10.8 Å². The third-order valence-corrected chi connectivity index (χ3v) is 8.32. The molecule has 0 aliphatic heterocycles. The van der Waals surface area contributed by atoms with Crippen LogP contribution in [0.15, 0.2) is 142 Å². The molecule has 0 aliphatic rings. The van der Waals surface area contributed by atoms with Crippen LogP contribution in [0.3, 0.4) is 0 Å². The van der Waals surface area contributed by atoms with Crippen LogP contribution in [0.2, 0.25) is 0 Å². The maximum absolute atomic E-state index is 6.39. The average Bonchev–Trinajstić information content (AvgIpc) is 3.64. The molecule has 186 valence electrons. The Labute approximate surface area is 229 Å². The van der Waals surface area contributed by atoms with Gasteiger partial charge in [0.1, 0.15) is 16.7 Å². The summed E-state index contributed by atoms with van der Waals surface area (Å²) in [5.41, 5.74) is 7.37. The van der Waals surface area contributed by atoms with E-state index in [-0.39, 0.29) is 0 Å². The largest absolute Gasteiger partial charge is 0.464 e. The van der Waals surface area contributed by atoms with Crippen molar-refractivity contribution in [2.75, 3.05) is 0 Å². The van der Waals surface area contributed by atoms with Crippen LogP contribution in [0.4, 0.5) is 0 Å². The maximum atomic E-state index is 6.39. The lowest BCUT2D eigenvalue weighted by atomic mass is 9.84. The van der Waals surface area contributed by atoms with Crippen molar-refractivity contribution in [2.45, 2.75) is 0 Å². The summed E-state index contributed by atoms with van der Waals surface area (Å²) in [5.74, 6) is 0. The molecule has 2 heteroatoms. The molecule has 0 amide bonds. The highest BCUT2D eigenvalue weighted by Crippen LogP contribution is 2.48. The molecule has 0 N–H and O–H groups in total. The predicted molar refractivity (Wildman–Crippen MR) is 167 cm³/mol. The number of rotatable bonds is 2. The molecule has 0 fully saturated rings. The summed E-state index contributed by atoms with van der Waals surface area (Å²) in [4.78, 5) is 0. The van der Waals surface area contributed by atoms with E-state index >= 15 is 0 Å². The van der Waals surface area contributed by atoms with Crippen LogP contribution in [0.1, 0.15) is 0 Å². The maximum Gasteiger partial charge on any atom is 0.146 e. The summed E-state index contributed by atoms with van der Waals surface area (Å²) in [5, 5.41) is 10.6. The van der Waals surface area contributed by atoms with Crippen LogP contribution < -0.4 is 0 Å². The zero-order valence-electron chi connectivity index (χ0n) is 21.5. The number of benzene rings is 7. The van der Waals surface area contributed by atoms with Crippen molar-refractivity contribution in [1.29, 1.82) is 0 Å². The van der Waals surface area contributed by atoms with E-state index in [1.807, 2.05) is 18.2 Å². The minimum absolute atomic E-state index is 0.838. The first-order valence-electron chi connectivity index (χ1n) is 13.6. The van der Waals surface area contributed by atoms with Crippen molar-refractivity contribution in [1.82, 2.24) is 0 Å². The molecule has 40 heavy (non-hydrogen) atoms. The third kappa shape index (κ3) is 2.93. The number of furan rings is 2. The van der Waals surface area contributed by atoms with Crippen LogP contribution >= 0.6 is 0 Å². The third-order valence-electron chi connectivity index (χ3n) is 8.32. The minimum Gasteiger partial charge on any atom is -0.464 e. The second kappa shape index (κ2) is 8.08. The molecule has 9 aromatic rings. The Kier molecular flexibility index (Phi) is 4.36. The zero-order chi connectivity index (χ0) is 26.2. The monoisotopic (exact) mass is 510 g/mol. The molecule has 7 aromatic carbocycles. The van der Waals surface area contributed by atoms with Gasteiger partial charge in [0.15, 0.2) is 0 Å². The SMILES string of the molecule is c1ccc2cc(-c3c4ccccc4c(-c4cc5oc6ccccc6c5c5occc45)c4ccccc34)ccc2c1. The molecule has 2 heterocycles. The standard InChI is InChI=1S/C38H22O2/c1-2-10-24-21-25(18-17-23(24)9-1)35-26-11-3-5-13-28(26)36(29-14-6-4-12-27(29)35)32-22-34-37(38-30(32)19-20-39-38)31-15-7-8-16-33(31)40-34/h1-22H. The first-order valence-corrected chi connectivity index (χ1v) is 13.6. The Bertz CT molecular complexity index is 2380. The molecule has 0 atom stereocenters. The molecule has 0 saturated heterocycles. The lowest BCUT2D eigenvalue weighted by Gasteiger charge is -2.18. The second-order valence-corrected chi connectivity index (χ2v) is 10.5. The Morgan fingerprint density at radius 3 is 1.80 bits per heavy atom. The molecule has 0 spiro atoms. The van der Waals surface area contributed by atoms with Gasteiger partial charge in [-0.15, -0.1) is 0 Å². The van der Waals surface area contributed by atoms with Crippen LogP contribution in [0.5, 0.6) is 0 Å². The summed E-state index contributed by atoms with van der Waals surface area (Å²) in [6.45, 7) is 0. The van der Waals surface area contributed by atoms with Crippen molar-refractivity contribution < 1.29 is 8.83 Å². The Morgan fingerprint density at radius 1 is 0.425 bits per heavy atom. The molecule has 0 unspecified atom stereocenters. The fraction of sp³-hybridized carbons (Fsp3) is 0. The van der Waals surface area contributed by atoms with Crippen LogP contribution in [-0.2, 0) is 0 Å². The van der Waals surface area contributed by atoms with Gasteiger partial charge >= 0.3 is 0 Å². The van der Waals surface area contributed by atoms with E-state index in [9.17, 15) is 0 Å². The highest BCUT2D eigenvalue weighted by molar-refractivity contribution is 6.27. The van der Waals surface area contributed by atoms with Gasteiger partial charge in [-0.05, 0) is 78.8 Å². The lowest BCUT2D eigenvalue weighted by Crippen LogP contribution is -1.91. The smallest absolute Gasteiger partial charge is 0.146 e. The molecule has 0 aliphatic carbocycles. The van der Waals surface area contributed by atoms with Crippen molar-refractivity contribution in [3.63, 3.8) is 0 Å². The van der Waals surface area contributed by atoms with Crippen LogP contribution in [-0.4, -0.2) is 0 Å². The molecular weight excluding hydrogens is 488 g/mol. The lowest BCUT2D eigenvalue weighted by molar-refractivity contribution is 0.618. The van der Waals surface area contributed by atoms with E-state index in [2.05, 4.69) is 109 Å². The number of hydrogen-bond donors (Lipinski definition) is 0. The van der Waals surface area contributed by atoms with Crippen molar-refractivity contribution in [3.8, 4) is 22.3 Å².